The third kappa shape index (κ3) is 2.38. The maximum atomic E-state index is 11.6. The zero-order chi connectivity index (χ0) is 15.6. The Labute approximate surface area is 130 Å². The molecule has 3 rings (SSSR count). The first-order chi connectivity index (χ1) is 10.6. The zero-order valence-corrected chi connectivity index (χ0v) is 12.5. The zero-order valence-electron chi connectivity index (χ0n) is 12.5. The van der Waals surface area contributed by atoms with Gasteiger partial charge in [-0.25, -0.2) is 0 Å². The summed E-state index contributed by atoms with van der Waals surface area (Å²) in [5, 5.41) is 11.6. The molecule has 2 nitrogen and oxygen atoms in total. The van der Waals surface area contributed by atoms with Gasteiger partial charge in [0.05, 0.1) is 0 Å². The lowest BCUT2D eigenvalue weighted by atomic mass is 9.79. The Kier molecular flexibility index (Phi) is 3.70. The average Bonchev–Trinajstić information content (AvgIpc) is 2.56. The van der Waals surface area contributed by atoms with Crippen LogP contribution in [-0.4, -0.2) is 5.11 Å². The van der Waals surface area contributed by atoms with Crippen molar-refractivity contribution in [1.29, 1.82) is 0 Å². The van der Waals surface area contributed by atoms with E-state index in [1.54, 1.807) is 0 Å². The summed E-state index contributed by atoms with van der Waals surface area (Å²) in [6, 6.07) is 25.0. The summed E-state index contributed by atoms with van der Waals surface area (Å²) in [6.07, 6.45) is 0. The molecule has 0 bridgehead atoms. The molecule has 0 aliphatic rings. The van der Waals surface area contributed by atoms with Gasteiger partial charge < -0.3 is 10.8 Å². The molecule has 0 amide bonds. The van der Waals surface area contributed by atoms with Crippen molar-refractivity contribution in [3.63, 3.8) is 0 Å². The maximum absolute atomic E-state index is 11.6. The standard InChI is InChI=1S/C20H19NO/c1-15-11-13-17(14-12-15)20(22,16-7-3-2-4-8-16)18-9-5-6-10-19(18)21/h2-14,22H,21H2,1H3. The first kappa shape index (κ1) is 14.4. The van der Waals surface area contributed by atoms with Crippen LogP contribution in [-0.2, 0) is 5.60 Å². The molecule has 0 aliphatic heterocycles. The topological polar surface area (TPSA) is 46.2 Å². The van der Waals surface area contributed by atoms with Crippen LogP contribution in [0, 0.1) is 6.92 Å². The van der Waals surface area contributed by atoms with Crippen molar-refractivity contribution in [2.45, 2.75) is 12.5 Å². The van der Waals surface area contributed by atoms with Crippen molar-refractivity contribution in [3.8, 4) is 0 Å². The van der Waals surface area contributed by atoms with E-state index in [1.807, 2.05) is 85.8 Å². The minimum atomic E-state index is -1.26. The molecule has 0 aromatic heterocycles. The number of anilines is 1. The normalized spacial score (nSPS) is 13.5. The van der Waals surface area contributed by atoms with E-state index in [9.17, 15) is 5.11 Å². The third-order valence-electron chi connectivity index (χ3n) is 4.01. The highest BCUT2D eigenvalue weighted by atomic mass is 16.3. The molecule has 1 unspecified atom stereocenters. The summed E-state index contributed by atoms with van der Waals surface area (Å²) in [5.41, 5.74) is 8.93. The predicted octanol–water partition coefficient (Wildman–Crippen LogP) is 3.86. The van der Waals surface area contributed by atoms with Gasteiger partial charge in [-0.2, -0.15) is 0 Å². The molecular formula is C20H19NO. The van der Waals surface area contributed by atoms with Crippen molar-refractivity contribution < 1.29 is 5.11 Å². The van der Waals surface area contributed by atoms with Gasteiger partial charge in [0, 0.05) is 11.3 Å². The minimum Gasteiger partial charge on any atom is -0.398 e. The molecule has 22 heavy (non-hydrogen) atoms. The highest BCUT2D eigenvalue weighted by Gasteiger charge is 2.35. The van der Waals surface area contributed by atoms with Gasteiger partial charge in [0.15, 0.2) is 0 Å². The smallest absolute Gasteiger partial charge is 0.142 e. The number of benzene rings is 3. The first-order valence-corrected chi connectivity index (χ1v) is 7.32. The first-order valence-electron chi connectivity index (χ1n) is 7.32. The molecule has 3 N–H and O–H groups in total. The van der Waals surface area contributed by atoms with Gasteiger partial charge in [0.1, 0.15) is 5.60 Å². The largest absolute Gasteiger partial charge is 0.398 e. The number of nitrogen functional groups attached to an aromatic ring is 1. The second kappa shape index (κ2) is 5.66. The third-order valence-corrected chi connectivity index (χ3v) is 4.01. The summed E-state index contributed by atoms with van der Waals surface area (Å²) < 4.78 is 0. The van der Waals surface area contributed by atoms with Crippen LogP contribution >= 0.6 is 0 Å². The quantitative estimate of drug-likeness (QED) is 0.568. The molecule has 3 aromatic carbocycles. The van der Waals surface area contributed by atoms with Gasteiger partial charge in [-0.05, 0) is 24.1 Å². The number of nitrogens with two attached hydrogens (primary N) is 1. The van der Waals surface area contributed by atoms with Gasteiger partial charge in [0.25, 0.3) is 0 Å². The van der Waals surface area contributed by atoms with E-state index in [0.29, 0.717) is 11.3 Å². The van der Waals surface area contributed by atoms with E-state index in [4.69, 9.17) is 5.73 Å². The van der Waals surface area contributed by atoms with Crippen molar-refractivity contribution >= 4 is 5.69 Å². The Morgan fingerprint density at radius 1 is 0.727 bits per heavy atom. The van der Waals surface area contributed by atoms with Crippen molar-refractivity contribution in [2.75, 3.05) is 5.73 Å². The van der Waals surface area contributed by atoms with E-state index in [0.717, 1.165) is 16.7 Å². The molecule has 0 radical (unpaired) electrons. The monoisotopic (exact) mass is 289 g/mol. The average molecular weight is 289 g/mol. The van der Waals surface area contributed by atoms with Gasteiger partial charge in [-0.3, -0.25) is 0 Å². The van der Waals surface area contributed by atoms with E-state index in [-0.39, 0.29) is 0 Å². The van der Waals surface area contributed by atoms with Crippen molar-refractivity contribution in [3.05, 3.63) is 101 Å². The van der Waals surface area contributed by atoms with Crippen LogP contribution in [0.25, 0.3) is 0 Å². The fourth-order valence-corrected chi connectivity index (χ4v) is 2.78. The molecule has 3 aromatic rings. The van der Waals surface area contributed by atoms with Crippen LogP contribution in [0.15, 0.2) is 78.9 Å². The van der Waals surface area contributed by atoms with Gasteiger partial charge in [-0.1, -0.05) is 78.4 Å². The Morgan fingerprint density at radius 2 is 1.27 bits per heavy atom. The molecule has 0 saturated carbocycles. The van der Waals surface area contributed by atoms with Gasteiger partial charge >= 0.3 is 0 Å². The number of hydrogen-bond acceptors (Lipinski definition) is 2. The molecule has 2 heteroatoms. The predicted molar refractivity (Wildman–Crippen MR) is 90.6 cm³/mol. The fraction of sp³-hybridized carbons (Fsp3) is 0.100. The lowest BCUT2D eigenvalue weighted by Gasteiger charge is -2.31. The van der Waals surface area contributed by atoms with Gasteiger partial charge in [0.2, 0.25) is 0 Å². The lowest BCUT2D eigenvalue weighted by Crippen LogP contribution is -2.29. The number of rotatable bonds is 3. The second-order valence-corrected chi connectivity index (χ2v) is 5.53. The second-order valence-electron chi connectivity index (χ2n) is 5.53. The van der Waals surface area contributed by atoms with E-state index in [1.165, 1.54) is 0 Å². The molecule has 1 atom stereocenters. The molecule has 0 saturated heterocycles. The van der Waals surface area contributed by atoms with Crippen LogP contribution < -0.4 is 5.73 Å². The van der Waals surface area contributed by atoms with Crippen LogP contribution in [0.3, 0.4) is 0 Å². The highest BCUT2D eigenvalue weighted by Crippen LogP contribution is 2.39. The molecule has 0 heterocycles. The SMILES string of the molecule is Cc1ccc(C(O)(c2ccccc2)c2ccccc2N)cc1. The number of aryl methyl sites for hydroxylation is 1. The Balaban J connectivity index is 2.27. The number of para-hydroxylation sites is 1. The molecule has 0 fully saturated rings. The van der Waals surface area contributed by atoms with Crippen molar-refractivity contribution in [2.24, 2.45) is 0 Å². The van der Waals surface area contributed by atoms with Crippen LogP contribution in [0.1, 0.15) is 22.3 Å². The fourth-order valence-electron chi connectivity index (χ4n) is 2.78. The van der Waals surface area contributed by atoms with Gasteiger partial charge in [-0.15, -0.1) is 0 Å². The Bertz CT molecular complexity index is 765. The number of hydrogen-bond donors (Lipinski definition) is 2. The molecule has 0 aliphatic carbocycles. The minimum absolute atomic E-state index is 0.578. The summed E-state index contributed by atoms with van der Waals surface area (Å²) in [6.45, 7) is 2.03. The maximum Gasteiger partial charge on any atom is 0.142 e. The number of aliphatic hydroxyl groups is 1. The van der Waals surface area contributed by atoms with Crippen LogP contribution in [0.2, 0.25) is 0 Å². The molecular weight excluding hydrogens is 270 g/mol. The van der Waals surface area contributed by atoms with Crippen LogP contribution in [0.5, 0.6) is 0 Å². The van der Waals surface area contributed by atoms with Crippen LogP contribution in [0.4, 0.5) is 5.69 Å². The van der Waals surface area contributed by atoms with Crippen molar-refractivity contribution in [1.82, 2.24) is 0 Å². The lowest BCUT2D eigenvalue weighted by molar-refractivity contribution is 0.126. The Hall–Kier alpha value is -2.58. The summed E-state index contributed by atoms with van der Waals surface area (Å²) in [7, 11) is 0. The summed E-state index contributed by atoms with van der Waals surface area (Å²) in [5.74, 6) is 0. The molecule has 0 spiro atoms. The van der Waals surface area contributed by atoms with E-state index in [2.05, 4.69) is 0 Å². The summed E-state index contributed by atoms with van der Waals surface area (Å²) >= 11 is 0. The van der Waals surface area contributed by atoms with E-state index >= 15 is 0 Å². The summed E-state index contributed by atoms with van der Waals surface area (Å²) in [4.78, 5) is 0. The molecule has 110 valence electrons. The van der Waals surface area contributed by atoms with E-state index < -0.39 is 5.60 Å². The Morgan fingerprint density at radius 3 is 1.91 bits per heavy atom. The highest BCUT2D eigenvalue weighted by molar-refractivity contribution is 5.58.